The van der Waals surface area contributed by atoms with E-state index in [1.807, 2.05) is 11.3 Å². The molecule has 96 valence electrons. The molecule has 2 rings (SSSR count). The third kappa shape index (κ3) is 3.33. The number of thiophene rings is 1. The van der Waals surface area contributed by atoms with E-state index >= 15 is 0 Å². The Morgan fingerprint density at radius 1 is 1.22 bits per heavy atom. The third-order valence-corrected chi connectivity index (χ3v) is 4.87. The van der Waals surface area contributed by atoms with E-state index < -0.39 is 0 Å². The molecule has 0 radical (unpaired) electrons. The minimum absolute atomic E-state index is 0.329. The fourth-order valence-electron chi connectivity index (χ4n) is 2.01. The standard InChI is InChI=1S/C15H18INS/c1-3-13-8-9-14(18-13)15(17-4-2)11-6-5-7-12(16)10-11/h5-10,15,17H,3-4H2,1-2H3. The molecule has 0 aliphatic rings. The number of nitrogens with one attached hydrogen (secondary N) is 1. The molecule has 0 spiro atoms. The summed E-state index contributed by atoms with van der Waals surface area (Å²) in [5.74, 6) is 0. The highest BCUT2D eigenvalue weighted by atomic mass is 127. The van der Waals surface area contributed by atoms with Gasteiger partial charge in [0.15, 0.2) is 0 Å². The van der Waals surface area contributed by atoms with Crippen molar-refractivity contribution in [2.24, 2.45) is 0 Å². The van der Waals surface area contributed by atoms with Gasteiger partial charge in [0.05, 0.1) is 6.04 Å². The minimum atomic E-state index is 0.329. The first-order valence-corrected chi connectivity index (χ1v) is 8.21. The van der Waals surface area contributed by atoms with Crippen molar-refractivity contribution in [3.8, 4) is 0 Å². The number of aryl methyl sites for hydroxylation is 1. The van der Waals surface area contributed by atoms with E-state index in [4.69, 9.17) is 0 Å². The van der Waals surface area contributed by atoms with Crippen LogP contribution in [0.15, 0.2) is 36.4 Å². The van der Waals surface area contributed by atoms with Crippen molar-refractivity contribution in [1.29, 1.82) is 0 Å². The van der Waals surface area contributed by atoms with Crippen molar-refractivity contribution < 1.29 is 0 Å². The maximum atomic E-state index is 3.59. The molecule has 0 fully saturated rings. The van der Waals surface area contributed by atoms with Gasteiger partial charge in [0.2, 0.25) is 0 Å². The highest BCUT2D eigenvalue weighted by Gasteiger charge is 2.15. The van der Waals surface area contributed by atoms with Crippen molar-refractivity contribution in [1.82, 2.24) is 5.32 Å². The Labute approximate surface area is 127 Å². The van der Waals surface area contributed by atoms with E-state index in [2.05, 4.69) is 78.2 Å². The van der Waals surface area contributed by atoms with Gasteiger partial charge in [-0.1, -0.05) is 26.0 Å². The zero-order chi connectivity index (χ0) is 13.0. The third-order valence-electron chi connectivity index (χ3n) is 2.91. The smallest absolute Gasteiger partial charge is 0.0671 e. The van der Waals surface area contributed by atoms with Crippen molar-refractivity contribution >= 4 is 33.9 Å². The lowest BCUT2D eigenvalue weighted by Crippen LogP contribution is -2.21. The highest BCUT2D eigenvalue weighted by molar-refractivity contribution is 14.1. The molecule has 3 heteroatoms. The van der Waals surface area contributed by atoms with Gasteiger partial charge in [-0.05, 0) is 65.4 Å². The number of benzene rings is 1. The van der Waals surface area contributed by atoms with Crippen molar-refractivity contribution in [2.45, 2.75) is 26.3 Å². The topological polar surface area (TPSA) is 12.0 Å². The van der Waals surface area contributed by atoms with Gasteiger partial charge in [-0.3, -0.25) is 0 Å². The second-order valence-electron chi connectivity index (χ2n) is 4.20. The maximum Gasteiger partial charge on any atom is 0.0671 e. The molecule has 0 saturated heterocycles. The fraction of sp³-hybridized carbons (Fsp3) is 0.333. The van der Waals surface area contributed by atoms with Gasteiger partial charge < -0.3 is 5.32 Å². The monoisotopic (exact) mass is 371 g/mol. The molecular weight excluding hydrogens is 353 g/mol. The molecule has 1 heterocycles. The molecule has 0 bridgehead atoms. The summed E-state index contributed by atoms with van der Waals surface area (Å²) in [6.45, 7) is 5.36. The molecule has 1 atom stereocenters. The molecule has 18 heavy (non-hydrogen) atoms. The van der Waals surface area contributed by atoms with Crippen molar-refractivity contribution in [3.05, 3.63) is 55.3 Å². The Hall–Kier alpha value is -0.390. The van der Waals surface area contributed by atoms with Gasteiger partial charge in [-0.15, -0.1) is 11.3 Å². The molecular formula is C15H18INS. The number of rotatable bonds is 5. The van der Waals surface area contributed by atoms with Crippen LogP contribution in [-0.4, -0.2) is 6.54 Å². The molecule has 1 aromatic carbocycles. The Balaban J connectivity index is 2.33. The van der Waals surface area contributed by atoms with E-state index in [0.29, 0.717) is 6.04 Å². The van der Waals surface area contributed by atoms with Gasteiger partial charge in [0.25, 0.3) is 0 Å². The van der Waals surface area contributed by atoms with E-state index in [0.717, 1.165) is 13.0 Å². The van der Waals surface area contributed by atoms with Crippen LogP contribution in [0.4, 0.5) is 0 Å². The first-order chi connectivity index (χ1) is 8.74. The summed E-state index contributed by atoms with van der Waals surface area (Å²) in [5.41, 5.74) is 1.35. The van der Waals surface area contributed by atoms with Crippen LogP contribution in [-0.2, 0) is 6.42 Å². The summed E-state index contributed by atoms with van der Waals surface area (Å²) in [7, 11) is 0. The maximum absolute atomic E-state index is 3.59. The average Bonchev–Trinajstić information content (AvgIpc) is 2.84. The van der Waals surface area contributed by atoms with E-state index in [1.165, 1.54) is 18.9 Å². The lowest BCUT2D eigenvalue weighted by molar-refractivity contribution is 0.639. The van der Waals surface area contributed by atoms with Crippen LogP contribution >= 0.6 is 33.9 Å². The Bertz CT molecular complexity index is 507. The van der Waals surface area contributed by atoms with Crippen LogP contribution in [0.25, 0.3) is 0 Å². The average molecular weight is 371 g/mol. The van der Waals surface area contributed by atoms with Gasteiger partial charge >= 0.3 is 0 Å². The molecule has 1 aromatic heterocycles. The quantitative estimate of drug-likeness (QED) is 0.757. The van der Waals surface area contributed by atoms with Crippen LogP contribution in [0.3, 0.4) is 0 Å². The molecule has 0 aliphatic carbocycles. The number of halogens is 1. The van der Waals surface area contributed by atoms with Gasteiger partial charge in [-0.25, -0.2) is 0 Å². The van der Waals surface area contributed by atoms with E-state index in [9.17, 15) is 0 Å². The van der Waals surface area contributed by atoms with E-state index in [-0.39, 0.29) is 0 Å². The highest BCUT2D eigenvalue weighted by Crippen LogP contribution is 2.29. The van der Waals surface area contributed by atoms with Crippen LogP contribution < -0.4 is 5.32 Å². The molecule has 1 unspecified atom stereocenters. The Kier molecular flexibility index (Phi) is 5.21. The second kappa shape index (κ2) is 6.68. The van der Waals surface area contributed by atoms with E-state index in [1.54, 1.807) is 0 Å². The molecule has 1 N–H and O–H groups in total. The predicted molar refractivity (Wildman–Crippen MR) is 88.4 cm³/mol. The molecule has 0 saturated carbocycles. The Morgan fingerprint density at radius 2 is 2.06 bits per heavy atom. The lowest BCUT2D eigenvalue weighted by atomic mass is 10.1. The SMILES string of the molecule is CCNC(c1cccc(I)c1)c1ccc(CC)s1. The zero-order valence-corrected chi connectivity index (χ0v) is 13.7. The summed E-state index contributed by atoms with van der Waals surface area (Å²) in [6, 6.07) is 13.6. The van der Waals surface area contributed by atoms with Gasteiger partial charge in [0, 0.05) is 13.3 Å². The first-order valence-electron chi connectivity index (χ1n) is 6.32. The summed E-state index contributed by atoms with van der Waals surface area (Å²) in [6.07, 6.45) is 1.12. The summed E-state index contributed by atoms with van der Waals surface area (Å²) < 4.78 is 1.29. The number of hydrogen-bond donors (Lipinski definition) is 1. The number of hydrogen-bond acceptors (Lipinski definition) is 2. The normalized spacial score (nSPS) is 12.6. The zero-order valence-electron chi connectivity index (χ0n) is 10.7. The van der Waals surface area contributed by atoms with Crippen LogP contribution in [0, 0.1) is 3.57 Å². The molecule has 0 amide bonds. The molecule has 0 aliphatic heterocycles. The predicted octanol–water partition coefficient (Wildman–Crippen LogP) is 4.61. The summed E-state index contributed by atoms with van der Waals surface area (Å²) in [5, 5.41) is 3.59. The van der Waals surface area contributed by atoms with Crippen molar-refractivity contribution in [2.75, 3.05) is 6.54 Å². The molecule has 2 aromatic rings. The first kappa shape index (κ1) is 14.0. The molecule has 1 nitrogen and oxygen atoms in total. The van der Waals surface area contributed by atoms with Crippen LogP contribution in [0.1, 0.15) is 35.2 Å². The van der Waals surface area contributed by atoms with Crippen LogP contribution in [0.2, 0.25) is 0 Å². The summed E-state index contributed by atoms with van der Waals surface area (Å²) >= 11 is 4.29. The minimum Gasteiger partial charge on any atom is -0.306 e. The largest absolute Gasteiger partial charge is 0.306 e. The Morgan fingerprint density at radius 3 is 2.67 bits per heavy atom. The van der Waals surface area contributed by atoms with Crippen LogP contribution in [0.5, 0.6) is 0 Å². The lowest BCUT2D eigenvalue weighted by Gasteiger charge is -2.17. The van der Waals surface area contributed by atoms with Gasteiger partial charge in [-0.2, -0.15) is 0 Å². The van der Waals surface area contributed by atoms with Crippen molar-refractivity contribution in [3.63, 3.8) is 0 Å². The summed E-state index contributed by atoms with van der Waals surface area (Å²) in [4.78, 5) is 2.87. The second-order valence-corrected chi connectivity index (χ2v) is 6.65. The van der Waals surface area contributed by atoms with Gasteiger partial charge in [0.1, 0.15) is 0 Å². The fourth-order valence-corrected chi connectivity index (χ4v) is 3.64.